The number of morpholine rings is 1. The predicted octanol–water partition coefficient (Wildman–Crippen LogP) is 1.73. The van der Waals surface area contributed by atoms with E-state index in [2.05, 4.69) is 4.90 Å². The first-order valence-electron chi connectivity index (χ1n) is 8.08. The molecule has 0 radical (unpaired) electrons. The summed E-state index contributed by atoms with van der Waals surface area (Å²) in [5, 5.41) is 0. The number of hydrogen-bond donors (Lipinski definition) is 2. The normalized spacial score (nSPS) is 18.6. The summed E-state index contributed by atoms with van der Waals surface area (Å²) >= 11 is 0. The van der Waals surface area contributed by atoms with Crippen molar-refractivity contribution < 1.29 is 4.74 Å². The van der Waals surface area contributed by atoms with Crippen molar-refractivity contribution in [2.75, 3.05) is 39.4 Å². The zero-order valence-electron chi connectivity index (χ0n) is 12.5. The predicted molar refractivity (Wildman–Crippen MR) is 81.2 cm³/mol. The van der Waals surface area contributed by atoms with E-state index in [1.165, 1.54) is 57.9 Å². The molecule has 1 heterocycles. The van der Waals surface area contributed by atoms with Crippen LogP contribution in [-0.2, 0) is 4.74 Å². The molecule has 1 atom stereocenters. The van der Waals surface area contributed by atoms with E-state index in [0.717, 1.165) is 32.8 Å². The maximum atomic E-state index is 6.17. The van der Waals surface area contributed by atoms with Crippen molar-refractivity contribution in [3.05, 3.63) is 0 Å². The summed E-state index contributed by atoms with van der Waals surface area (Å²) < 4.78 is 5.35. The molecule has 4 nitrogen and oxygen atoms in total. The minimum Gasteiger partial charge on any atom is -0.379 e. The Morgan fingerprint density at radius 2 is 1.53 bits per heavy atom. The van der Waals surface area contributed by atoms with Gasteiger partial charge in [0.2, 0.25) is 0 Å². The Balaban J connectivity index is 1.85. The molecule has 0 aromatic heterocycles. The van der Waals surface area contributed by atoms with Gasteiger partial charge in [0.15, 0.2) is 0 Å². The largest absolute Gasteiger partial charge is 0.379 e. The van der Waals surface area contributed by atoms with Crippen LogP contribution < -0.4 is 11.5 Å². The molecule has 0 aromatic carbocycles. The Labute approximate surface area is 118 Å². The molecule has 0 spiro atoms. The van der Waals surface area contributed by atoms with Crippen molar-refractivity contribution in [2.45, 2.75) is 57.4 Å². The molecule has 19 heavy (non-hydrogen) atoms. The van der Waals surface area contributed by atoms with Crippen molar-refractivity contribution in [3.63, 3.8) is 0 Å². The Morgan fingerprint density at radius 1 is 0.895 bits per heavy atom. The molecule has 0 amide bonds. The molecule has 1 aliphatic heterocycles. The molecular formula is C15H33N3O. The van der Waals surface area contributed by atoms with Gasteiger partial charge in [0.05, 0.1) is 13.2 Å². The van der Waals surface area contributed by atoms with Crippen LogP contribution >= 0.6 is 0 Å². The molecule has 0 bridgehead atoms. The summed E-state index contributed by atoms with van der Waals surface area (Å²) in [6, 6.07) is 0.399. The van der Waals surface area contributed by atoms with Gasteiger partial charge in [-0.2, -0.15) is 0 Å². The van der Waals surface area contributed by atoms with Crippen LogP contribution in [0, 0.1) is 0 Å². The standard InChI is InChI=1S/C15H33N3O/c16-9-5-3-1-2-4-7-15(17)8-6-10-18-11-13-19-14-12-18/h15H,1-14,16-17H2. The van der Waals surface area contributed by atoms with E-state index < -0.39 is 0 Å². The van der Waals surface area contributed by atoms with Gasteiger partial charge < -0.3 is 16.2 Å². The van der Waals surface area contributed by atoms with Crippen LogP contribution in [0.4, 0.5) is 0 Å². The van der Waals surface area contributed by atoms with Crippen molar-refractivity contribution in [2.24, 2.45) is 11.5 Å². The second-order valence-electron chi connectivity index (χ2n) is 5.70. The number of unbranched alkanes of at least 4 members (excludes halogenated alkanes) is 4. The Kier molecular flexibility index (Phi) is 10.4. The lowest BCUT2D eigenvalue weighted by Crippen LogP contribution is -2.37. The lowest BCUT2D eigenvalue weighted by molar-refractivity contribution is 0.0370. The second kappa shape index (κ2) is 11.6. The molecule has 1 saturated heterocycles. The van der Waals surface area contributed by atoms with E-state index in [0.29, 0.717) is 6.04 Å². The summed E-state index contributed by atoms with van der Waals surface area (Å²) in [6.07, 6.45) is 9.95. The van der Waals surface area contributed by atoms with Crippen LogP contribution in [0.1, 0.15) is 51.4 Å². The topological polar surface area (TPSA) is 64.5 Å². The van der Waals surface area contributed by atoms with Gasteiger partial charge in [0.25, 0.3) is 0 Å². The Hall–Kier alpha value is -0.160. The van der Waals surface area contributed by atoms with Gasteiger partial charge in [-0.25, -0.2) is 0 Å². The number of nitrogens with zero attached hydrogens (tertiary/aromatic N) is 1. The van der Waals surface area contributed by atoms with E-state index in [4.69, 9.17) is 16.2 Å². The third-order valence-electron chi connectivity index (χ3n) is 3.93. The van der Waals surface area contributed by atoms with Crippen LogP contribution in [0.5, 0.6) is 0 Å². The zero-order chi connectivity index (χ0) is 13.8. The molecule has 4 heteroatoms. The fourth-order valence-electron chi connectivity index (χ4n) is 2.63. The summed E-state index contributed by atoms with van der Waals surface area (Å²) in [7, 11) is 0. The third-order valence-corrected chi connectivity index (χ3v) is 3.93. The minimum absolute atomic E-state index is 0.399. The summed E-state index contributed by atoms with van der Waals surface area (Å²) in [4.78, 5) is 2.49. The van der Waals surface area contributed by atoms with Crippen LogP contribution in [0.2, 0.25) is 0 Å². The van der Waals surface area contributed by atoms with Crippen molar-refractivity contribution in [1.29, 1.82) is 0 Å². The molecule has 1 fully saturated rings. The fourth-order valence-corrected chi connectivity index (χ4v) is 2.63. The van der Waals surface area contributed by atoms with E-state index in [-0.39, 0.29) is 0 Å². The lowest BCUT2D eigenvalue weighted by atomic mass is 10.0. The molecular weight excluding hydrogens is 238 g/mol. The number of ether oxygens (including phenoxy) is 1. The van der Waals surface area contributed by atoms with Crippen LogP contribution in [0.25, 0.3) is 0 Å². The van der Waals surface area contributed by atoms with Crippen molar-refractivity contribution in [3.8, 4) is 0 Å². The second-order valence-corrected chi connectivity index (χ2v) is 5.70. The Morgan fingerprint density at radius 3 is 2.26 bits per heavy atom. The van der Waals surface area contributed by atoms with Crippen LogP contribution in [0.15, 0.2) is 0 Å². The van der Waals surface area contributed by atoms with E-state index in [1.54, 1.807) is 0 Å². The van der Waals surface area contributed by atoms with Gasteiger partial charge in [-0.05, 0) is 38.8 Å². The Bertz CT molecular complexity index is 196. The van der Waals surface area contributed by atoms with Gasteiger partial charge in [-0.15, -0.1) is 0 Å². The molecule has 0 aliphatic carbocycles. The third kappa shape index (κ3) is 9.38. The number of nitrogens with two attached hydrogens (primary N) is 2. The highest BCUT2D eigenvalue weighted by Crippen LogP contribution is 2.09. The van der Waals surface area contributed by atoms with Crippen LogP contribution in [-0.4, -0.2) is 50.3 Å². The molecule has 4 N–H and O–H groups in total. The maximum Gasteiger partial charge on any atom is 0.0594 e. The average molecular weight is 271 g/mol. The SMILES string of the molecule is NCCCCCCCC(N)CCCN1CCOCC1. The molecule has 1 aliphatic rings. The van der Waals surface area contributed by atoms with Gasteiger partial charge in [-0.1, -0.05) is 25.7 Å². The lowest BCUT2D eigenvalue weighted by Gasteiger charge is -2.26. The first-order valence-corrected chi connectivity index (χ1v) is 8.08. The number of hydrogen-bond acceptors (Lipinski definition) is 4. The molecule has 0 saturated carbocycles. The molecule has 1 unspecified atom stereocenters. The molecule has 0 aromatic rings. The first-order chi connectivity index (χ1) is 9.33. The fraction of sp³-hybridized carbons (Fsp3) is 1.00. The smallest absolute Gasteiger partial charge is 0.0594 e. The average Bonchev–Trinajstić information content (AvgIpc) is 2.44. The van der Waals surface area contributed by atoms with Gasteiger partial charge in [0.1, 0.15) is 0 Å². The van der Waals surface area contributed by atoms with Gasteiger partial charge in [-0.3, -0.25) is 4.90 Å². The summed E-state index contributed by atoms with van der Waals surface area (Å²) in [5.41, 5.74) is 11.6. The van der Waals surface area contributed by atoms with E-state index in [9.17, 15) is 0 Å². The van der Waals surface area contributed by atoms with Crippen LogP contribution in [0.3, 0.4) is 0 Å². The highest BCUT2D eigenvalue weighted by Gasteiger charge is 2.10. The quantitative estimate of drug-likeness (QED) is 0.562. The first kappa shape index (κ1) is 16.9. The summed E-state index contributed by atoms with van der Waals surface area (Å²) in [6.45, 7) is 6.01. The molecule has 114 valence electrons. The minimum atomic E-state index is 0.399. The summed E-state index contributed by atoms with van der Waals surface area (Å²) in [5.74, 6) is 0. The van der Waals surface area contributed by atoms with Crippen molar-refractivity contribution in [1.82, 2.24) is 4.90 Å². The van der Waals surface area contributed by atoms with E-state index >= 15 is 0 Å². The monoisotopic (exact) mass is 271 g/mol. The highest BCUT2D eigenvalue weighted by atomic mass is 16.5. The number of rotatable bonds is 11. The molecule has 1 rings (SSSR count). The van der Waals surface area contributed by atoms with E-state index in [1.807, 2.05) is 0 Å². The maximum absolute atomic E-state index is 6.17. The van der Waals surface area contributed by atoms with Crippen molar-refractivity contribution >= 4 is 0 Å². The highest BCUT2D eigenvalue weighted by molar-refractivity contribution is 4.66. The zero-order valence-corrected chi connectivity index (χ0v) is 12.5. The van der Waals surface area contributed by atoms with Gasteiger partial charge in [0, 0.05) is 19.1 Å². The van der Waals surface area contributed by atoms with Gasteiger partial charge >= 0.3 is 0 Å².